The molecule has 1 aromatic carbocycles. The van der Waals surface area contributed by atoms with Crippen molar-refractivity contribution in [3.63, 3.8) is 0 Å². The van der Waals surface area contributed by atoms with E-state index in [4.69, 9.17) is 0 Å². The Balaban J connectivity index is 1.69. The summed E-state index contributed by atoms with van der Waals surface area (Å²) >= 11 is 0. The minimum absolute atomic E-state index is 0.754. The van der Waals surface area contributed by atoms with Gasteiger partial charge < -0.3 is 10.2 Å². The predicted molar refractivity (Wildman–Crippen MR) is 99.0 cm³/mol. The van der Waals surface area contributed by atoms with Crippen molar-refractivity contribution in [2.45, 2.75) is 65.1 Å². The van der Waals surface area contributed by atoms with Gasteiger partial charge in [0.1, 0.15) is 0 Å². The van der Waals surface area contributed by atoms with Gasteiger partial charge in [0.05, 0.1) is 0 Å². The number of nitrogens with zero attached hydrogens (tertiary/aromatic N) is 2. The maximum Gasteiger partial charge on any atom is 0.0416 e. The molecule has 0 saturated carbocycles. The number of fused-ring (bicyclic) bond motifs is 1. The van der Waals surface area contributed by atoms with E-state index in [1.807, 2.05) is 0 Å². The number of hydrogen-bond acceptors (Lipinski definition) is 3. The molecule has 3 rings (SSSR count). The molecule has 1 saturated heterocycles. The molecule has 3 nitrogen and oxygen atoms in total. The zero-order valence-corrected chi connectivity index (χ0v) is 15.0. The van der Waals surface area contributed by atoms with Crippen LogP contribution in [0.1, 0.15) is 57.1 Å². The Morgan fingerprint density at radius 2 is 1.91 bits per heavy atom. The smallest absolute Gasteiger partial charge is 0.0416 e. The summed E-state index contributed by atoms with van der Waals surface area (Å²) in [5, 5.41) is 3.46. The maximum absolute atomic E-state index is 3.46. The fourth-order valence-electron chi connectivity index (χ4n) is 4.16. The average molecular weight is 316 g/mol. The summed E-state index contributed by atoms with van der Waals surface area (Å²) in [5.74, 6) is 0. The van der Waals surface area contributed by atoms with Gasteiger partial charge in [-0.2, -0.15) is 0 Å². The molecule has 1 atom stereocenters. The van der Waals surface area contributed by atoms with Crippen LogP contribution in [0.5, 0.6) is 0 Å². The molecule has 2 aliphatic rings. The molecular formula is C20H33N3. The lowest BCUT2D eigenvalue weighted by molar-refractivity contribution is 0.180. The van der Waals surface area contributed by atoms with Crippen molar-refractivity contribution < 1.29 is 0 Å². The van der Waals surface area contributed by atoms with Crippen molar-refractivity contribution >= 4 is 5.69 Å². The molecular weight excluding hydrogens is 282 g/mol. The van der Waals surface area contributed by atoms with E-state index in [1.165, 1.54) is 37.8 Å². The Hall–Kier alpha value is -1.06. The Bertz CT molecular complexity index is 494. The molecule has 3 heteroatoms. The summed E-state index contributed by atoms with van der Waals surface area (Å²) in [4.78, 5) is 5.31. The highest BCUT2D eigenvalue weighted by atomic mass is 15.2. The number of benzene rings is 1. The molecule has 0 aliphatic carbocycles. The first-order valence-corrected chi connectivity index (χ1v) is 9.64. The highest BCUT2D eigenvalue weighted by Crippen LogP contribution is 2.34. The zero-order chi connectivity index (χ0) is 16.1. The van der Waals surface area contributed by atoms with Crippen LogP contribution in [0.4, 0.5) is 5.69 Å². The summed E-state index contributed by atoms with van der Waals surface area (Å²) in [5.41, 5.74) is 4.66. The van der Waals surface area contributed by atoms with Gasteiger partial charge in [0.15, 0.2) is 0 Å². The number of nitrogens with one attached hydrogen (secondary N) is 1. The van der Waals surface area contributed by atoms with E-state index < -0.39 is 0 Å². The summed E-state index contributed by atoms with van der Waals surface area (Å²) in [6.45, 7) is 11.5. The Morgan fingerprint density at radius 1 is 1.09 bits per heavy atom. The van der Waals surface area contributed by atoms with E-state index >= 15 is 0 Å². The van der Waals surface area contributed by atoms with E-state index in [0.717, 1.165) is 45.3 Å². The Kier molecular flexibility index (Phi) is 5.96. The van der Waals surface area contributed by atoms with Crippen molar-refractivity contribution in [2.24, 2.45) is 0 Å². The quantitative estimate of drug-likeness (QED) is 0.773. The standard InChI is InChI=1S/C20H33N3/c1-3-5-6-9-18(4-2)23-15-17-8-7-10-20(19(17)16-23)22-13-11-21-12-14-22/h7-8,10,18,21H,3-6,9,11-16H2,1-2H3. The van der Waals surface area contributed by atoms with E-state index in [2.05, 4.69) is 47.2 Å². The average Bonchev–Trinajstić information content (AvgIpc) is 3.03. The van der Waals surface area contributed by atoms with Crippen LogP contribution in [0.15, 0.2) is 18.2 Å². The number of unbranched alkanes of at least 4 members (excludes halogenated alkanes) is 2. The first kappa shape index (κ1) is 16.8. The Morgan fingerprint density at radius 3 is 2.65 bits per heavy atom. The largest absolute Gasteiger partial charge is 0.369 e. The topological polar surface area (TPSA) is 18.5 Å². The Labute approximate surface area is 142 Å². The lowest BCUT2D eigenvalue weighted by Crippen LogP contribution is -2.44. The first-order valence-electron chi connectivity index (χ1n) is 9.64. The predicted octanol–water partition coefficient (Wildman–Crippen LogP) is 3.77. The third-order valence-electron chi connectivity index (χ3n) is 5.57. The molecule has 2 heterocycles. The minimum Gasteiger partial charge on any atom is -0.369 e. The third kappa shape index (κ3) is 3.89. The third-order valence-corrected chi connectivity index (χ3v) is 5.57. The molecule has 0 radical (unpaired) electrons. The maximum atomic E-state index is 3.46. The van der Waals surface area contributed by atoms with Crippen molar-refractivity contribution in [2.75, 3.05) is 31.1 Å². The molecule has 0 amide bonds. The highest BCUT2D eigenvalue weighted by Gasteiger charge is 2.28. The van der Waals surface area contributed by atoms with Gasteiger partial charge >= 0.3 is 0 Å². The van der Waals surface area contributed by atoms with E-state index in [0.29, 0.717) is 0 Å². The molecule has 1 fully saturated rings. The summed E-state index contributed by atoms with van der Waals surface area (Å²) < 4.78 is 0. The SMILES string of the molecule is CCCCCC(CC)N1Cc2cccc(N3CCNCC3)c2C1. The van der Waals surface area contributed by atoms with Crippen LogP contribution in [-0.2, 0) is 13.1 Å². The van der Waals surface area contributed by atoms with Crippen molar-refractivity contribution in [3.05, 3.63) is 29.3 Å². The van der Waals surface area contributed by atoms with Crippen LogP contribution in [0.3, 0.4) is 0 Å². The van der Waals surface area contributed by atoms with Gasteiger partial charge in [-0.15, -0.1) is 0 Å². The van der Waals surface area contributed by atoms with Gasteiger partial charge in [0.25, 0.3) is 0 Å². The molecule has 1 unspecified atom stereocenters. The van der Waals surface area contributed by atoms with Gasteiger partial charge in [-0.1, -0.05) is 45.2 Å². The van der Waals surface area contributed by atoms with Crippen LogP contribution in [0.2, 0.25) is 0 Å². The van der Waals surface area contributed by atoms with Gasteiger partial charge in [0, 0.05) is 51.0 Å². The second-order valence-corrected chi connectivity index (χ2v) is 7.11. The summed E-state index contributed by atoms with van der Waals surface area (Å²) in [7, 11) is 0. The van der Waals surface area contributed by atoms with Gasteiger partial charge in [-0.3, -0.25) is 4.90 Å². The lowest BCUT2D eigenvalue weighted by Gasteiger charge is -2.31. The summed E-state index contributed by atoms with van der Waals surface area (Å²) in [6, 6.07) is 7.70. The van der Waals surface area contributed by atoms with Crippen molar-refractivity contribution in [1.29, 1.82) is 0 Å². The van der Waals surface area contributed by atoms with Crippen LogP contribution in [0, 0.1) is 0 Å². The lowest BCUT2D eigenvalue weighted by atomic mass is 10.0. The molecule has 1 aromatic rings. The van der Waals surface area contributed by atoms with Crippen LogP contribution in [-0.4, -0.2) is 37.1 Å². The fraction of sp³-hybridized carbons (Fsp3) is 0.700. The van der Waals surface area contributed by atoms with Crippen molar-refractivity contribution in [1.82, 2.24) is 10.2 Å². The van der Waals surface area contributed by atoms with Gasteiger partial charge in [0.2, 0.25) is 0 Å². The fourth-order valence-corrected chi connectivity index (χ4v) is 4.16. The number of rotatable bonds is 7. The minimum atomic E-state index is 0.754. The first-order chi connectivity index (χ1) is 11.3. The monoisotopic (exact) mass is 315 g/mol. The van der Waals surface area contributed by atoms with Gasteiger partial charge in [-0.05, 0) is 30.0 Å². The normalized spacial score (nSPS) is 19.8. The highest BCUT2D eigenvalue weighted by molar-refractivity contribution is 5.58. The van der Waals surface area contributed by atoms with E-state index in [-0.39, 0.29) is 0 Å². The molecule has 128 valence electrons. The zero-order valence-electron chi connectivity index (χ0n) is 15.0. The number of anilines is 1. The molecule has 0 spiro atoms. The number of hydrogen-bond donors (Lipinski definition) is 1. The molecule has 0 aromatic heterocycles. The molecule has 23 heavy (non-hydrogen) atoms. The van der Waals surface area contributed by atoms with E-state index in [1.54, 1.807) is 11.1 Å². The van der Waals surface area contributed by atoms with Crippen LogP contribution < -0.4 is 10.2 Å². The van der Waals surface area contributed by atoms with E-state index in [9.17, 15) is 0 Å². The second kappa shape index (κ2) is 8.16. The molecule has 1 N–H and O–H groups in total. The van der Waals surface area contributed by atoms with Crippen LogP contribution in [0.25, 0.3) is 0 Å². The number of piperazine rings is 1. The van der Waals surface area contributed by atoms with Crippen LogP contribution >= 0.6 is 0 Å². The second-order valence-electron chi connectivity index (χ2n) is 7.11. The molecule has 0 bridgehead atoms. The summed E-state index contributed by atoms with van der Waals surface area (Å²) in [6.07, 6.45) is 6.72. The van der Waals surface area contributed by atoms with Crippen molar-refractivity contribution in [3.8, 4) is 0 Å². The molecule has 2 aliphatic heterocycles. The van der Waals surface area contributed by atoms with Gasteiger partial charge in [-0.25, -0.2) is 0 Å².